The summed E-state index contributed by atoms with van der Waals surface area (Å²) in [7, 11) is 0. The molecule has 0 fully saturated rings. The van der Waals surface area contributed by atoms with Gasteiger partial charge in [0, 0.05) is 12.2 Å². The summed E-state index contributed by atoms with van der Waals surface area (Å²) in [6.07, 6.45) is 2.78. The van der Waals surface area contributed by atoms with Crippen molar-refractivity contribution in [2.24, 2.45) is 0 Å². The van der Waals surface area contributed by atoms with Crippen LogP contribution in [0, 0.1) is 10.1 Å². The van der Waals surface area contributed by atoms with Crippen molar-refractivity contribution in [3.8, 4) is 0 Å². The highest BCUT2D eigenvalue weighted by Crippen LogP contribution is 2.13. The van der Waals surface area contributed by atoms with Gasteiger partial charge < -0.3 is 25.2 Å². The second-order valence-corrected chi connectivity index (χ2v) is 5.54. The summed E-state index contributed by atoms with van der Waals surface area (Å²) in [6, 6.07) is 11.4. The fourth-order valence-corrected chi connectivity index (χ4v) is 2.30. The number of carbonyl (C=O) groups excluding carboxylic acids is 2. The molecule has 0 bridgehead atoms. The molecule has 0 aliphatic rings. The standard InChI is InChI=1S/C17H15N5O5/c23-16(11-21-7-6-15(20-21)22(25)26)18-10-12-3-1-4-13(9-12)19-17(24)14-5-2-8-27-14/h1-9H,10-11H2,(H,18,23)(H,19,24). The predicted octanol–water partition coefficient (Wildman–Crippen LogP) is 1.95. The minimum atomic E-state index is -0.628. The van der Waals surface area contributed by atoms with Gasteiger partial charge in [0.15, 0.2) is 5.76 Å². The van der Waals surface area contributed by atoms with Crippen LogP contribution in [0.1, 0.15) is 16.1 Å². The van der Waals surface area contributed by atoms with E-state index in [1.54, 1.807) is 36.4 Å². The van der Waals surface area contributed by atoms with E-state index in [0.717, 1.165) is 5.56 Å². The number of amides is 2. The molecule has 0 aliphatic carbocycles. The molecule has 0 spiro atoms. The van der Waals surface area contributed by atoms with E-state index in [1.807, 2.05) is 0 Å². The maximum atomic E-state index is 12.0. The molecule has 0 radical (unpaired) electrons. The molecule has 138 valence electrons. The Hall–Kier alpha value is -3.95. The number of nitrogens with one attached hydrogen (secondary N) is 2. The zero-order valence-electron chi connectivity index (χ0n) is 14.0. The number of hydrogen-bond donors (Lipinski definition) is 2. The lowest BCUT2D eigenvalue weighted by Gasteiger charge is -2.08. The Bertz CT molecular complexity index is 964. The monoisotopic (exact) mass is 369 g/mol. The third-order valence-corrected chi connectivity index (χ3v) is 3.54. The second-order valence-electron chi connectivity index (χ2n) is 5.54. The fraction of sp³-hybridized carbons (Fsp3) is 0.118. The summed E-state index contributed by atoms with van der Waals surface area (Å²) in [6.45, 7) is 0.0927. The molecule has 2 N–H and O–H groups in total. The molecular formula is C17H15N5O5. The molecule has 2 aromatic heterocycles. The number of furan rings is 1. The number of rotatable bonds is 7. The Kier molecular flexibility index (Phi) is 5.26. The average Bonchev–Trinajstić information content (AvgIpc) is 3.32. The Morgan fingerprint density at radius 2 is 2.07 bits per heavy atom. The molecule has 0 saturated heterocycles. The van der Waals surface area contributed by atoms with Crippen molar-refractivity contribution < 1.29 is 18.9 Å². The van der Waals surface area contributed by atoms with Crippen molar-refractivity contribution in [1.29, 1.82) is 0 Å². The van der Waals surface area contributed by atoms with E-state index in [2.05, 4.69) is 15.7 Å². The lowest BCUT2D eigenvalue weighted by atomic mass is 10.2. The van der Waals surface area contributed by atoms with Crippen molar-refractivity contribution in [3.05, 3.63) is 76.4 Å². The molecular weight excluding hydrogens is 354 g/mol. The summed E-state index contributed by atoms with van der Waals surface area (Å²) < 4.78 is 6.22. The van der Waals surface area contributed by atoms with E-state index in [-0.39, 0.29) is 36.5 Å². The van der Waals surface area contributed by atoms with E-state index < -0.39 is 4.92 Å². The van der Waals surface area contributed by atoms with E-state index in [4.69, 9.17) is 4.42 Å². The zero-order chi connectivity index (χ0) is 19.2. The number of benzene rings is 1. The van der Waals surface area contributed by atoms with E-state index in [9.17, 15) is 19.7 Å². The number of aromatic nitrogens is 2. The maximum absolute atomic E-state index is 12.0. The SMILES string of the molecule is O=C(Cn1ccc([N+](=O)[O-])n1)NCc1cccc(NC(=O)c2ccco2)c1. The van der Waals surface area contributed by atoms with Gasteiger partial charge in [-0.3, -0.25) is 9.59 Å². The first kappa shape index (κ1) is 17.9. The molecule has 10 heteroatoms. The van der Waals surface area contributed by atoms with Crippen LogP contribution in [0.15, 0.2) is 59.3 Å². The number of carbonyl (C=O) groups is 2. The highest BCUT2D eigenvalue weighted by molar-refractivity contribution is 6.02. The zero-order valence-corrected chi connectivity index (χ0v) is 14.0. The lowest BCUT2D eigenvalue weighted by molar-refractivity contribution is -0.389. The van der Waals surface area contributed by atoms with Gasteiger partial charge in [-0.1, -0.05) is 12.1 Å². The van der Waals surface area contributed by atoms with Crippen LogP contribution in [0.5, 0.6) is 0 Å². The van der Waals surface area contributed by atoms with Crippen LogP contribution in [0.3, 0.4) is 0 Å². The van der Waals surface area contributed by atoms with Crippen LogP contribution in [0.2, 0.25) is 0 Å². The van der Waals surface area contributed by atoms with Crippen LogP contribution in [-0.4, -0.2) is 26.5 Å². The number of hydrogen-bond acceptors (Lipinski definition) is 6. The summed E-state index contributed by atoms with van der Waals surface area (Å²) in [5, 5.41) is 19.7. The van der Waals surface area contributed by atoms with Gasteiger partial charge >= 0.3 is 5.82 Å². The number of nitrogens with zero attached hydrogens (tertiary/aromatic N) is 3. The van der Waals surface area contributed by atoms with Gasteiger partial charge in [0.05, 0.1) is 23.6 Å². The van der Waals surface area contributed by atoms with Gasteiger partial charge in [0.25, 0.3) is 5.91 Å². The molecule has 2 heterocycles. The molecule has 10 nitrogen and oxygen atoms in total. The highest BCUT2D eigenvalue weighted by atomic mass is 16.6. The quantitative estimate of drug-likeness (QED) is 0.483. The van der Waals surface area contributed by atoms with E-state index >= 15 is 0 Å². The average molecular weight is 369 g/mol. The Balaban J connectivity index is 1.53. The lowest BCUT2D eigenvalue weighted by Crippen LogP contribution is -2.27. The molecule has 3 aromatic rings. The Morgan fingerprint density at radius 3 is 2.78 bits per heavy atom. The van der Waals surface area contributed by atoms with Crippen LogP contribution in [-0.2, 0) is 17.9 Å². The first-order valence-corrected chi connectivity index (χ1v) is 7.89. The molecule has 2 amide bonds. The second kappa shape index (κ2) is 7.95. The van der Waals surface area contributed by atoms with Crippen LogP contribution in [0.25, 0.3) is 0 Å². The minimum Gasteiger partial charge on any atom is -0.459 e. The molecule has 3 rings (SSSR count). The Labute approximate surface area is 152 Å². The van der Waals surface area contributed by atoms with Gasteiger partial charge in [-0.2, -0.15) is 4.68 Å². The first-order chi connectivity index (χ1) is 13.0. The highest BCUT2D eigenvalue weighted by Gasteiger charge is 2.13. The summed E-state index contributed by atoms with van der Waals surface area (Å²) >= 11 is 0. The van der Waals surface area contributed by atoms with Crippen molar-refractivity contribution in [2.75, 3.05) is 5.32 Å². The van der Waals surface area contributed by atoms with Crippen LogP contribution in [0.4, 0.5) is 11.5 Å². The maximum Gasteiger partial charge on any atom is 0.389 e. The van der Waals surface area contributed by atoms with Crippen molar-refractivity contribution >= 4 is 23.3 Å². The molecule has 27 heavy (non-hydrogen) atoms. The van der Waals surface area contributed by atoms with Gasteiger partial charge in [0.2, 0.25) is 5.91 Å². The van der Waals surface area contributed by atoms with Crippen molar-refractivity contribution in [3.63, 3.8) is 0 Å². The largest absolute Gasteiger partial charge is 0.459 e. The summed E-state index contributed by atoms with van der Waals surface area (Å²) in [5.74, 6) is -0.843. The van der Waals surface area contributed by atoms with Crippen LogP contribution >= 0.6 is 0 Å². The fourth-order valence-electron chi connectivity index (χ4n) is 2.30. The smallest absolute Gasteiger partial charge is 0.389 e. The van der Waals surface area contributed by atoms with Crippen molar-refractivity contribution in [2.45, 2.75) is 13.1 Å². The van der Waals surface area contributed by atoms with Gasteiger partial charge in [-0.05, 0) is 34.8 Å². The molecule has 0 aliphatic heterocycles. The normalized spacial score (nSPS) is 10.4. The molecule has 0 atom stereocenters. The first-order valence-electron chi connectivity index (χ1n) is 7.89. The molecule has 0 saturated carbocycles. The minimum absolute atomic E-state index is 0.136. The predicted molar refractivity (Wildman–Crippen MR) is 93.8 cm³/mol. The van der Waals surface area contributed by atoms with E-state index in [0.29, 0.717) is 5.69 Å². The van der Waals surface area contributed by atoms with Gasteiger partial charge in [0.1, 0.15) is 6.54 Å². The number of anilines is 1. The summed E-state index contributed by atoms with van der Waals surface area (Å²) in [5.41, 5.74) is 1.33. The molecule has 0 unspecified atom stereocenters. The third-order valence-electron chi connectivity index (χ3n) is 3.54. The molecule has 1 aromatic carbocycles. The van der Waals surface area contributed by atoms with Crippen LogP contribution < -0.4 is 10.6 Å². The van der Waals surface area contributed by atoms with Gasteiger partial charge in [-0.25, -0.2) is 0 Å². The topological polar surface area (TPSA) is 132 Å². The number of nitro groups is 1. The third kappa shape index (κ3) is 4.78. The Morgan fingerprint density at radius 1 is 1.22 bits per heavy atom. The van der Waals surface area contributed by atoms with Crippen molar-refractivity contribution in [1.82, 2.24) is 15.1 Å². The summed E-state index contributed by atoms with van der Waals surface area (Å²) in [4.78, 5) is 33.9. The van der Waals surface area contributed by atoms with Gasteiger partial charge in [-0.15, -0.1) is 0 Å². The van der Waals surface area contributed by atoms with E-state index in [1.165, 1.54) is 23.2 Å².